The molecule has 1 aromatic heterocycles. The molecule has 1 aromatic carbocycles. The van der Waals surface area contributed by atoms with Crippen molar-refractivity contribution in [2.75, 3.05) is 0 Å². The molecule has 0 spiro atoms. The van der Waals surface area contributed by atoms with Crippen LogP contribution in [0.2, 0.25) is 0 Å². The fourth-order valence-corrected chi connectivity index (χ4v) is 1.31. The predicted octanol–water partition coefficient (Wildman–Crippen LogP) is 2.94. The molecule has 15 heavy (non-hydrogen) atoms. The van der Waals surface area contributed by atoms with E-state index in [1.807, 2.05) is 48.6 Å². The van der Waals surface area contributed by atoms with E-state index in [1.54, 1.807) is 6.07 Å². The van der Waals surface area contributed by atoms with Crippen LogP contribution in [0.15, 0.2) is 46.9 Å². The summed E-state index contributed by atoms with van der Waals surface area (Å²) in [6.45, 7) is -0.0564. The maximum atomic E-state index is 8.82. The van der Waals surface area contributed by atoms with Crippen LogP contribution in [0, 0.1) is 0 Å². The van der Waals surface area contributed by atoms with Gasteiger partial charge >= 0.3 is 0 Å². The Hall–Kier alpha value is -1.80. The summed E-state index contributed by atoms with van der Waals surface area (Å²) in [5.74, 6) is 1.34. The lowest BCUT2D eigenvalue weighted by molar-refractivity contribution is 0.246. The van der Waals surface area contributed by atoms with Gasteiger partial charge in [0.2, 0.25) is 0 Å². The molecule has 2 heteroatoms. The zero-order valence-corrected chi connectivity index (χ0v) is 8.26. The number of furan rings is 1. The molecule has 0 aliphatic carbocycles. The molecule has 1 heterocycles. The van der Waals surface area contributed by atoms with Crippen LogP contribution in [-0.4, -0.2) is 5.11 Å². The average Bonchev–Trinajstić information content (AvgIpc) is 2.76. The van der Waals surface area contributed by atoms with Crippen LogP contribution in [-0.2, 0) is 6.61 Å². The van der Waals surface area contributed by atoms with Crippen molar-refractivity contribution in [1.82, 2.24) is 0 Å². The highest BCUT2D eigenvalue weighted by atomic mass is 16.4. The van der Waals surface area contributed by atoms with Gasteiger partial charge in [0, 0.05) is 0 Å². The quantitative estimate of drug-likeness (QED) is 0.826. The summed E-state index contributed by atoms with van der Waals surface area (Å²) >= 11 is 0. The van der Waals surface area contributed by atoms with E-state index in [-0.39, 0.29) is 6.61 Å². The molecule has 76 valence electrons. The Labute approximate surface area is 88.5 Å². The number of rotatable bonds is 3. The predicted molar refractivity (Wildman–Crippen MR) is 60.0 cm³/mol. The Balaban J connectivity index is 2.11. The third kappa shape index (κ3) is 2.58. The van der Waals surface area contributed by atoms with Crippen LogP contribution in [0.3, 0.4) is 0 Å². The molecule has 2 rings (SSSR count). The van der Waals surface area contributed by atoms with E-state index in [1.165, 1.54) is 0 Å². The molecule has 0 amide bonds. The second-order valence-electron chi connectivity index (χ2n) is 3.21. The number of aliphatic hydroxyl groups excluding tert-OH is 1. The van der Waals surface area contributed by atoms with Crippen molar-refractivity contribution in [3.8, 4) is 0 Å². The van der Waals surface area contributed by atoms with Gasteiger partial charge in [0.15, 0.2) is 0 Å². The molecule has 0 aliphatic rings. The molecular formula is C13H12O2. The Kier molecular flexibility index (Phi) is 3.00. The Bertz CT molecular complexity index is 441. The molecule has 0 saturated heterocycles. The molecule has 2 nitrogen and oxygen atoms in total. The summed E-state index contributed by atoms with van der Waals surface area (Å²) in [6.07, 6.45) is 3.86. The van der Waals surface area contributed by atoms with Crippen molar-refractivity contribution in [3.63, 3.8) is 0 Å². The number of benzene rings is 1. The molecule has 0 saturated carbocycles. The number of hydrogen-bond acceptors (Lipinski definition) is 2. The molecule has 2 aromatic rings. The Morgan fingerprint density at radius 1 is 1.00 bits per heavy atom. The highest BCUT2D eigenvalue weighted by molar-refractivity contribution is 5.67. The average molecular weight is 200 g/mol. The second kappa shape index (κ2) is 4.62. The van der Waals surface area contributed by atoms with Crippen molar-refractivity contribution >= 4 is 12.2 Å². The normalized spacial score (nSPS) is 11.0. The minimum atomic E-state index is -0.0564. The van der Waals surface area contributed by atoms with Gasteiger partial charge in [0.1, 0.15) is 18.1 Å². The SMILES string of the molecule is OCc1ccc(C=Cc2ccccc2)o1. The molecule has 1 N–H and O–H groups in total. The standard InChI is InChI=1S/C13H12O2/c14-10-13-9-8-12(15-13)7-6-11-4-2-1-3-5-11/h1-9,14H,10H2. The van der Waals surface area contributed by atoms with Gasteiger partial charge in [-0.05, 0) is 23.8 Å². The first-order chi connectivity index (χ1) is 7.38. The van der Waals surface area contributed by atoms with Crippen LogP contribution in [0.4, 0.5) is 0 Å². The molecule has 0 atom stereocenters. The molecule has 0 aliphatic heterocycles. The van der Waals surface area contributed by atoms with Gasteiger partial charge in [0.25, 0.3) is 0 Å². The van der Waals surface area contributed by atoms with Crippen molar-refractivity contribution in [2.24, 2.45) is 0 Å². The van der Waals surface area contributed by atoms with E-state index >= 15 is 0 Å². The van der Waals surface area contributed by atoms with Crippen LogP contribution in [0.25, 0.3) is 12.2 Å². The van der Waals surface area contributed by atoms with Crippen molar-refractivity contribution in [1.29, 1.82) is 0 Å². The Morgan fingerprint density at radius 2 is 1.80 bits per heavy atom. The van der Waals surface area contributed by atoms with E-state index in [0.717, 1.165) is 11.3 Å². The first kappa shape index (κ1) is 9.74. The molecule has 0 fully saturated rings. The van der Waals surface area contributed by atoms with E-state index in [0.29, 0.717) is 5.76 Å². The van der Waals surface area contributed by atoms with Gasteiger partial charge in [-0.25, -0.2) is 0 Å². The zero-order valence-electron chi connectivity index (χ0n) is 8.26. The van der Waals surface area contributed by atoms with Crippen molar-refractivity contribution in [3.05, 3.63) is 59.5 Å². The van der Waals surface area contributed by atoms with E-state index in [2.05, 4.69) is 0 Å². The fourth-order valence-electron chi connectivity index (χ4n) is 1.31. The minimum absolute atomic E-state index is 0.0564. The van der Waals surface area contributed by atoms with E-state index < -0.39 is 0 Å². The smallest absolute Gasteiger partial charge is 0.130 e. The van der Waals surface area contributed by atoms with Crippen LogP contribution in [0.5, 0.6) is 0 Å². The van der Waals surface area contributed by atoms with Gasteiger partial charge in [-0.15, -0.1) is 0 Å². The lowest BCUT2D eigenvalue weighted by atomic mass is 10.2. The van der Waals surface area contributed by atoms with Gasteiger partial charge in [-0.2, -0.15) is 0 Å². The monoisotopic (exact) mass is 200 g/mol. The first-order valence-electron chi connectivity index (χ1n) is 4.81. The molecule has 0 radical (unpaired) electrons. The topological polar surface area (TPSA) is 33.4 Å². The Morgan fingerprint density at radius 3 is 2.47 bits per heavy atom. The maximum absolute atomic E-state index is 8.82. The molecule has 0 bridgehead atoms. The number of aliphatic hydroxyl groups is 1. The van der Waals surface area contributed by atoms with Crippen molar-refractivity contribution in [2.45, 2.75) is 6.61 Å². The minimum Gasteiger partial charge on any atom is -0.459 e. The summed E-state index contributed by atoms with van der Waals surface area (Å²) in [7, 11) is 0. The lowest BCUT2D eigenvalue weighted by Gasteiger charge is -1.90. The van der Waals surface area contributed by atoms with Gasteiger partial charge in [-0.1, -0.05) is 36.4 Å². The van der Waals surface area contributed by atoms with Crippen LogP contribution in [0.1, 0.15) is 17.1 Å². The van der Waals surface area contributed by atoms with Crippen molar-refractivity contribution < 1.29 is 9.52 Å². The van der Waals surface area contributed by atoms with E-state index in [9.17, 15) is 0 Å². The largest absolute Gasteiger partial charge is 0.459 e. The number of hydrogen-bond donors (Lipinski definition) is 1. The zero-order chi connectivity index (χ0) is 10.5. The third-order valence-electron chi connectivity index (χ3n) is 2.08. The van der Waals surface area contributed by atoms with E-state index in [4.69, 9.17) is 9.52 Å². The molecule has 0 unspecified atom stereocenters. The summed E-state index contributed by atoms with van der Waals surface area (Å²) in [6, 6.07) is 13.6. The van der Waals surface area contributed by atoms with Crippen LogP contribution < -0.4 is 0 Å². The second-order valence-corrected chi connectivity index (χ2v) is 3.21. The van der Waals surface area contributed by atoms with Gasteiger partial charge in [-0.3, -0.25) is 0 Å². The maximum Gasteiger partial charge on any atom is 0.130 e. The highest BCUT2D eigenvalue weighted by Gasteiger charge is 1.96. The van der Waals surface area contributed by atoms with Gasteiger partial charge < -0.3 is 9.52 Å². The summed E-state index contributed by atoms with van der Waals surface area (Å²) < 4.78 is 5.32. The van der Waals surface area contributed by atoms with Crippen LogP contribution >= 0.6 is 0 Å². The first-order valence-corrected chi connectivity index (χ1v) is 4.81. The molecular weight excluding hydrogens is 188 g/mol. The fraction of sp³-hybridized carbons (Fsp3) is 0.0769. The summed E-state index contributed by atoms with van der Waals surface area (Å²) in [5, 5.41) is 8.82. The summed E-state index contributed by atoms with van der Waals surface area (Å²) in [5.41, 5.74) is 1.12. The lowest BCUT2D eigenvalue weighted by Crippen LogP contribution is -1.73. The third-order valence-corrected chi connectivity index (χ3v) is 2.08. The summed E-state index contributed by atoms with van der Waals surface area (Å²) in [4.78, 5) is 0. The highest BCUT2D eigenvalue weighted by Crippen LogP contribution is 2.11. The van der Waals surface area contributed by atoms with Gasteiger partial charge in [0.05, 0.1) is 0 Å².